The fourth-order valence-corrected chi connectivity index (χ4v) is 3.36. The summed E-state index contributed by atoms with van der Waals surface area (Å²) in [5, 5.41) is 1.85. The van der Waals surface area contributed by atoms with Crippen LogP contribution in [0, 0.1) is 0 Å². The molecule has 0 bridgehead atoms. The maximum Gasteiger partial charge on any atom is 0.431 e. The second-order valence-electron chi connectivity index (χ2n) is 5.54. The number of alkyl halides is 6. The van der Waals surface area contributed by atoms with Gasteiger partial charge in [0.1, 0.15) is 5.70 Å². The van der Waals surface area contributed by atoms with Crippen LogP contribution in [0.25, 0.3) is 0 Å². The standard InChI is InChI=1S/C12H15F6N3O4S/c1-11(2)6(13)9(21-25-11)26(22,23)4-5(7(19)12(16,17)18)8(20-3)24-10(14)15/h6,10H,4,19H2,1-3H3/b7-5-,20-8?. The summed E-state index contributed by atoms with van der Waals surface area (Å²) in [6.45, 7) is -1.29. The summed E-state index contributed by atoms with van der Waals surface area (Å²) in [6.07, 6.45) is -7.58. The highest BCUT2D eigenvalue weighted by molar-refractivity contribution is 8.06. The lowest BCUT2D eigenvalue weighted by molar-refractivity contribution is -0.0941. The first kappa shape index (κ1) is 22.1. The fraction of sp³-hybridized carbons (Fsp3) is 0.667. The number of sulfone groups is 1. The Morgan fingerprint density at radius 2 is 1.96 bits per heavy atom. The topological polar surface area (TPSA) is 103 Å². The third-order valence-electron chi connectivity index (χ3n) is 3.14. The molecule has 0 saturated carbocycles. The van der Waals surface area contributed by atoms with Crippen LogP contribution in [0.5, 0.6) is 0 Å². The maximum atomic E-state index is 14.2. The molecule has 0 aliphatic carbocycles. The summed E-state index contributed by atoms with van der Waals surface area (Å²) in [6, 6.07) is 0. The van der Waals surface area contributed by atoms with E-state index in [1.807, 2.05) is 0 Å². The number of nitrogens with two attached hydrogens (primary N) is 1. The van der Waals surface area contributed by atoms with Gasteiger partial charge in [-0.25, -0.2) is 12.8 Å². The summed E-state index contributed by atoms with van der Waals surface area (Å²) >= 11 is 0. The summed E-state index contributed by atoms with van der Waals surface area (Å²) < 4.78 is 106. The molecule has 0 aromatic rings. The van der Waals surface area contributed by atoms with Gasteiger partial charge in [0.2, 0.25) is 20.8 Å². The molecular formula is C12H15F6N3O4S. The molecule has 1 aliphatic rings. The molecule has 0 fully saturated rings. The van der Waals surface area contributed by atoms with Gasteiger partial charge in [-0.2, -0.15) is 22.0 Å². The Labute approximate surface area is 144 Å². The van der Waals surface area contributed by atoms with Crippen LogP contribution in [0.15, 0.2) is 21.4 Å². The molecular weight excluding hydrogens is 396 g/mol. The van der Waals surface area contributed by atoms with Crippen molar-refractivity contribution in [1.82, 2.24) is 0 Å². The Morgan fingerprint density at radius 3 is 2.31 bits per heavy atom. The summed E-state index contributed by atoms with van der Waals surface area (Å²) in [5.74, 6) is -2.98. The summed E-state index contributed by atoms with van der Waals surface area (Å²) in [4.78, 5) is 7.66. The van der Waals surface area contributed by atoms with Gasteiger partial charge in [0.15, 0.2) is 11.8 Å². The maximum absolute atomic E-state index is 14.2. The Hall–Kier alpha value is -1.99. The van der Waals surface area contributed by atoms with Gasteiger partial charge in [-0.1, -0.05) is 5.16 Å². The lowest BCUT2D eigenvalue weighted by Crippen LogP contribution is -2.39. The molecule has 26 heavy (non-hydrogen) atoms. The van der Waals surface area contributed by atoms with E-state index in [4.69, 9.17) is 5.73 Å². The van der Waals surface area contributed by atoms with Crippen LogP contribution in [-0.2, 0) is 19.4 Å². The van der Waals surface area contributed by atoms with Crippen LogP contribution >= 0.6 is 0 Å². The molecule has 1 atom stereocenters. The Morgan fingerprint density at radius 1 is 1.42 bits per heavy atom. The first-order valence-corrected chi connectivity index (χ1v) is 8.39. The zero-order valence-corrected chi connectivity index (χ0v) is 14.5. The van der Waals surface area contributed by atoms with Gasteiger partial charge in [0.25, 0.3) is 0 Å². The highest BCUT2D eigenvalue weighted by atomic mass is 32.2. The number of allylic oxidation sites excluding steroid dienone is 1. The van der Waals surface area contributed by atoms with Gasteiger partial charge in [0.05, 0.1) is 11.3 Å². The van der Waals surface area contributed by atoms with Crippen molar-refractivity contribution in [2.24, 2.45) is 15.9 Å². The van der Waals surface area contributed by atoms with Crippen LogP contribution in [-0.4, -0.2) is 56.7 Å². The first-order valence-electron chi connectivity index (χ1n) is 6.74. The Balaban J connectivity index is 3.39. The Kier molecular flexibility index (Phi) is 6.21. The molecule has 150 valence electrons. The van der Waals surface area contributed by atoms with E-state index in [0.29, 0.717) is 0 Å². The fourth-order valence-electron chi connectivity index (χ4n) is 1.80. The number of aliphatic imine (C=N–C) groups is 1. The van der Waals surface area contributed by atoms with E-state index in [1.54, 1.807) is 0 Å². The van der Waals surface area contributed by atoms with E-state index in [0.717, 1.165) is 20.9 Å². The second-order valence-corrected chi connectivity index (χ2v) is 7.48. The highest BCUT2D eigenvalue weighted by Crippen LogP contribution is 2.31. The zero-order chi connectivity index (χ0) is 20.5. The lowest BCUT2D eigenvalue weighted by atomic mass is 10.1. The van der Waals surface area contributed by atoms with Gasteiger partial charge < -0.3 is 15.3 Å². The van der Waals surface area contributed by atoms with Crippen molar-refractivity contribution < 1.29 is 44.3 Å². The molecule has 14 heteroatoms. The van der Waals surface area contributed by atoms with Crippen molar-refractivity contribution >= 4 is 20.8 Å². The molecule has 0 amide bonds. The first-order chi connectivity index (χ1) is 11.6. The number of nitrogens with zero attached hydrogens (tertiary/aromatic N) is 2. The number of oxime groups is 1. The molecule has 1 unspecified atom stereocenters. The molecule has 1 rings (SSSR count). The molecule has 0 spiro atoms. The predicted molar refractivity (Wildman–Crippen MR) is 79.0 cm³/mol. The van der Waals surface area contributed by atoms with Crippen LogP contribution in [0.4, 0.5) is 26.3 Å². The van der Waals surface area contributed by atoms with Crippen LogP contribution in [0.3, 0.4) is 0 Å². The van der Waals surface area contributed by atoms with Gasteiger partial charge in [-0.3, -0.25) is 4.99 Å². The highest BCUT2D eigenvalue weighted by Gasteiger charge is 2.48. The number of hydrogen-bond donors (Lipinski definition) is 1. The number of rotatable bonds is 4. The van der Waals surface area contributed by atoms with Gasteiger partial charge in [-0.15, -0.1) is 0 Å². The third-order valence-corrected chi connectivity index (χ3v) is 4.73. The van der Waals surface area contributed by atoms with Crippen molar-refractivity contribution in [1.29, 1.82) is 0 Å². The summed E-state index contributed by atoms with van der Waals surface area (Å²) in [7, 11) is -4.09. The normalized spacial score (nSPS) is 22.0. The molecule has 1 aliphatic heterocycles. The van der Waals surface area contributed by atoms with E-state index < -0.39 is 62.4 Å². The van der Waals surface area contributed by atoms with E-state index in [2.05, 4.69) is 19.7 Å². The SMILES string of the molecule is CN=C(OC(F)F)/C(CS(=O)(=O)C1=NOC(C)(C)C1F)=C(\N)C(F)(F)F. The molecule has 7 nitrogen and oxygen atoms in total. The third kappa shape index (κ3) is 4.80. The molecule has 0 radical (unpaired) electrons. The molecule has 0 aromatic carbocycles. The molecule has 1 heterocycles. The minimum Gasteiger partial charge on any atom is -0.417 e. The van der Waals surface area contributed by atoms with Crippen molar-refractivity contribution in [3.05, 3.63) is 11.3 Å². The number of halogens is 6. The van der Waals surface area contributed by atoms with Crippen molar-refractivity contribution in [2.75, 3.05) is 12.8 Å². The predicted octanol–water partition coefficient (Wildman–Crippen LogP) is 1.90. The molecule has 0 aromatic heterocycles. The average molecular weight is 411 g/mol. The van der Waals surface area contributed by atoms with Gasteiger partial charge in [0, 0.05) is 7.05 Å². The van der Waals surface area contributed by atoms with Crippen molar-refractivity contribution in [3.8, 4) is 0 Å². The van der Waals surface area contributed by atoms with Crippen LogP contribution in [0.1, 0.15) is 13.8 Å². The van der Waals surface area contributed by atoms with Crippen LogP contribution in [0.2, 0.25) is 0 Å². The molecule has 0 saturated heterocycles. The quantitative estimate of drug-likeness (QED) is 0.432. The lowest BCUT2D eigenvalue weighted by Gasteiger charge is -2.19. The zero-order valence-electron chi connectivity index (χ0n) is 13.6. The van der Waals surface area contributed by atoms with Crippen molar-refractivity contribution in [2.45, 2.75) is 38.4 Å². The Bertz CT molecular complexity index is 743. The van der Waals surface area contributed by atoms with E-state index >= 15 is 0 Å². The van der Waals surface area contributed by atoms with Gasteiger partial charge >= 0.3 is 12.8 Å². The minimum absolute atomic E-state index is 0.783. The van der Waals surface area contributed by atoms with E-state index in [1.165, 1.54) is 0 Å². The summed E-state index contributed by atoms with van der Waals surface area (Å²) in [5.41, 5.74) is -0.251. The second kappa shape index (κ2) is 7.32. The van der Waals surface area contributed by atoms with Crippen molar-refractivity contribution in [3.63, 3.8) is 0 Å². The van der Waals surface area contributed by atoms with E-state index in [-0.39, 0.29) is 0 Å². The average Bonchev–Trinajstić information content (AvgIpc) is 2.75. The number of ether oxygens (including phenoxy) is 1. The number of hydrogen-bond acceptors (Lipinski definition) is 7. The van der Waals surface area contributed by atoms with Gasteiger partial charge in [-0.05, 0) is 13.8 Å². The van der Waals surface area contributed by atoms with Crippen LogP contribution < -0.4 is 5.73 Å². The van der Waals surface area contributed by atoms with E-state index in [9.17, 15) is 34.8 Å². The monoisotopic (exact) mass is 411 g/mol. The largest absolute Gasteiger partial charge is 0.431 e. The molecule has 2 N–H and O–H groups in total. The smallest absolute Gasteiger partial charge is 0.417 e. The minimum atomic E-state index is -5.28.